The fraction of sp³-hybridized carbons (Fsp3) is 0.400. The van der Waals surface area contributed by atoms with E-state index in [1.807, 2.05) is 11.6 Å². The summed E-state index contributed by atoms with van der Waals surface area (Å²) >= 11 is 1.65. The molecule has 30 heavy (non-hydrogen) atoms. The molecule has 1 aromatic carbocycles. The number of carbonyl (C=O) groups is 1. The van der Waals surface area contributed by atoms with Gasteiger partial charge in [-0.05, 0) is 44.8 Å². The van der Waals surface area contributed by atoms with E-state index in [0.717, 1.165) is 48.6 Å². The van der Waals surface area contributed by atoms with Gasteiger partial charge < -0.3 is 10.6 Å². The van der Waals surface area contributed by atoms with Crippen molar-refractivity contribution in [1.29, 1.82) is 0 Å². The number of aromatic nitrogens is 4. The standard InChI is InChI=1S/C20H24N6OS.2ClH/c1-14-23-19(13-28-14)16-4-2-15(3-5-16)6-11-22-20(27)18-12-26(25-24-18)17-7-9-21-10-8-17;;/h2-5,12-13,17,21H,6-11H2,1H3,(H,22,27);2*1H. The van der Waals surface area contributed by atoms with Gasteiger partial charge in [-0.15, -0.1) is 41.2 Å². The average molecular weight is 469 g/mol. The van der Waals surface area contributed by atoms with Gasteiger partial charge in [0.15, 0.2) is 5.69 Å². The minimum absolute atomic E-state index is 0. The van der Waals surface area contributed by atoms with Crippen LogP contribution in [0.5, 0.6) is 0 Å². The third kappa shape index (κ3) is 6.01. The highest BCUT2D eigenvalue weighted by molar-refractivity contribution is 7.09. The Morgan fingerprint density at radius 2 is 1.97 bits per heavy atom. The van der Waals surface area contributed by atoms with E-state index in [0.29, 0.717) is 18.3 Å². The van der Waals surface area contributed by atoms with Crippen LogP contribution < -0.4 is 10.6 Å². The lowest BCUT2D eigenvalue weighted by Crippen LogP contribution is -2.29. The molecule has 0 radical (unpaired) electrons. The summed E-state index contributed by atoms with van der Waals surface area (Å²) in [7, 11) is 0. The Kier molecular flexibility index (Phi) is 9.23. The molecule has 1 saturated heterocycles. The van der Waals surface area contributed by atoms with Crippen molar-refractivity contribution >= 4 is 42.1 Å². The highest BCUT2D eigenvalue weighted by atomic mass is 35.5. The van der Waals surface area contributed by atoms with Gasteiger partial charge in [0.2, 0.25) is 0 Å². The van der Waals surface area contributed by atoms with E-state index >= 15 is 0 Å². The number of piperidine rings is 1. The quantitative estimate of drug-likeness (QED) is 0.578. The lowest BCUT2D eigenvalue weighted by Gasteiger charge is -2.22. The molecular weight excluding hydrogens is 443 g/mol. The van der Waals surface area contributed by atoms with E-state index < -0.39 is 0 Å². The fourth-order valence-corrected chi connectivity index (χ4v) is 4.00. The Bertz CT molecular complexity index is 937. The zero-order chi connectivity index (χ0) is 19.3. The number of thiazole rings is 1. The van der Waals surface area contributed by atoms with Crippen molar-refractivity contribution in [1.82, 2.24) is 30.6 Å². The number of aryl methyl sites for hydroxylation is 1. The lowest BCUT2D eigenvalue weighted by molar-refractivity contribution is 0.0949. The molecule has 3 heterocycles. The zero-order valence-electron chi connectivity index (χ0n) is 16.7. The van der Waals surface area contributed by atoms with E-state index in [-0.39, 0.29) is 30.7 Å². The molecule has 0 atom stereocenters. The molecule has 0 aliphatic carbocycles. The van der Waals surface area contributed by atoms with Gasteiger partial charge >= 0.3 is 0 Å². The molecule has 162 valence electrons. The number of nitrogens with one attached hydrogen (secondary N) is 2. The van der Waals surface area contributed by atoms with Gasteiger partial charge in [-0.3, -0.25) is 4.79 Å². The van der Waals surface area contributed by atoms with Crippen LogP contribution in [0.4, 0.5) is 0 Å². The first-order valence-electron chi connectivity index (χ1n) is 9.61. The molecule has 1 aliphatic heterocycles. The van der Waals surface area contributed by atoms with Crippen molar-refractivity contribution in [3.05, 3.63) is 52.1 Å². The Morgan fingerprint density at radius 3 is 2.63 bits per heavy atom. The second-order valence-corrected chi connectivity index (χ2v) is 8.08. The van der Waals surface area contributed by atoms with E-state index in [1.165, 1.54) is 5.56 Å². The predicted molar refractivity (Wildman–Crippen MR) is 124 cm³/mol. The molecule has 0 spiro atoms. The lowest BCUT2D eigenvalue weighted by atomic mass is 10.1. The molecule has 2 N–H and O–H groups in total. The topological polar surface area (TPSA) is 84.7 Å². The monoisotopic (exact) mass is 468 g/mol. The number of hydrogen-bond acceptors (Lipinski definition) is 6. The van der Waals surface area contributed by atoms with Gasteiger partial charge in [-0.1, -0.05) is 29.5 Å². The summed E-state index contributed by atoms with van der Waals surface area (Å²) < 4.78 is 1.83. The highest BCUT2D eigenvalue weighted by Gasteiger charge is 2.18. The molecule has 0 unspecified atom stereocenters. The van der Waals surface area contributed by atoms with Crippen LogP contribution in [0.25, 0.3) is 11.3 Å². The number of benzene rings is 1. The maximum Gasteiger partial charge on any atom is 0.273 e. The van der Waals surface area contributed by atoms with Crippen molar-refractivity contribution < 1.29 is 4.79 Å². The van der Waals surface area contributed by atoms with Gasteiger partial charge in [-0.25, -0.2) is 9.67 Å². The maximum absolute atomic E-state index is 12.3. The number of rotatable bonds is 6. The molecule has 0 saturated carbocycles. The first-order valence-corrected chi connectivity index (χ1v) is 10.5. The summed E-state index contributed by atoms with van der Waals surface area (Å²) in [5.41, 5.74) is 3.69. The predicted octanol–water partition coefficient (Wildman–Crippen LogP) is 3.45. The van der Waals surface area contributed by atoms with Crippen LogP contribution in [0.2, 0.25) is 0 Å². The summed E-state index contributed by atoms with van der Waals surface area (Å²) in [6, 6.07) is 8.66. The molecule has 10 heteroatoms. The average Bonchev–Trinajstić information content (AvgIpc) is 3.39. The zero-order valence-corrected chi connectivity index (χ0v) is 19.2. The molecule has 4 rings (SSSR count). The van der Waals surface area contributed by atoms with Crippen molar-refractivity contribution in [3.8, 4) is 11.3 Å². The third-order valence-electron chi connectivity index (χ3n) is 4.99. The van der Waals surface area contributed by atoms with Crippen LogP contribution >= 0.6 is 36.2 Å². The molecule has 3 aromatic rings. The number of nitrogens with zero attached hydrogens (tertiary/aromatic N) is 4. The molecule has 2 aromatic heterocycles. The minimum atomic E-state index is -0.172. The van der Waals surface area contributed by atoms with Crippen LogP contribution in [0.1, 0.15) is 39.9 Å². The van der Waals surface area contributed by atoms with Crippen LogP contribution in [0.15, 0.2) is 35.8 Å². The van der Waals surface area contributed by atoms with Crippen molar-refractivity contribution in [2.24, 2.45) is 0 Å². The van der Waals surface area contributed by atoms with Gasteiger partial charge in [0, 0.05) is 17.5 Å². The summed E-state index contributed by atoms with van der Waals surface area (Å²) in [5, 5.41) is 17.6. The van der Waals surface area contributed by atoms with Gasteiger partial charge in [0.1, 0.15) is 0 Å². The summed E-state index contributed by atoms with van der Waals surface area (Å²) in [6.07, 6.45) is 4.56. The maximum atomic E-state index is 12.3. The number of halogens is 2. The molecule has 1 aliphatic rings. The van der Waals surface area contributed by atoms with Crippen molar-refractivity contribution in [3.63, 3.8) is 0 Å². The first-order chi connectivity index (χ1) is 13.7. The number of hydrogen-bond donors (Lipinski definition) is 2. The SMILES string of the molecule is Cc1nc(-c2ccc(CCNC(=O)c3cn(C4CCNCC4)nn3)cc2)cs1.Cl.Cl. The molecular formula is C20H26Cl2N6OS. The van der Waals surface area contributed by atoms with Crippen LogP contribution in [-0.2, 0) is 6.42 Å². The highest BCUT2D eigenvalue weighted by Crippen LogP contribution is 2.22. The Morgan fingerprint density at radius 1 is 1.23 bits per heavy atom. The Hall–Kier alpha value is -2.00. The van der Waals surface area contributed by atoms with E-state index in [2.05, 4.69) is 55.6 Å². The molecule has 1 amide bonds. The minimum Gasteiger partial charge on any atom is -0.350 e. The fourth-order valence-electron chi connectivity index (χ4n) is 3.38. The van der Waals surface area contributed by atoms with Crippen LogP contribution in [0.3, 0.4) is 0 Å². The van der Waals surface area contributed by atoms with E-state index in [9.17, 15) is 4.79 Å². The largest absolute Gasteiger partial charge is 0.350 e. The van der Waals surface area contributed by atoms with Gasteiger partial charge in [-0.2, -0.15) is 0 Å². The second-order valence-electron chi connectivity index (χ2n) is 7.02. The summed E-state index contributed by atoms with van der Waals surface area (Å²) in [5.74, 6) is -0.172. The van der Waals surface area contributed by atoms with Crippen molar-refractivity contribution in [2.45, 2.75) is 32.2 Å². The Labute approximate surface area is 192 Å². The van der Waals surface area contributed by atoms with Gasteiger partial charge in [0.25, 0.3) is 5.91 Å². The molecule has 7 nitrogen and oxygen atoms in total. The number of amides is 1. The first kappa shape index (κ1) is 24.3. The van der Waals surface area contributed by atoms with Crippen LogP contribution in [-0.4, -0.2) is 45.5 Å². The van der Waals surface area contributed by atoms with E-state index in [4.69, 9.17) is 0 Å². The smallest absolute Gasteiger partial charge is 0.273 e. The summed E-state index contributed by atoms with van der Waals surface area (Å²) in [6.45, 7) is 4.53. The normalized spacial score (nSPS) is 13.9. The summed E-state index contributed by atoms with van der Waals surface area (Å²) in [4.78, 5) is 16.8. The molecule has 0 bridgehead atoms. The van der Waals surface area contributed by atoms with E-state index in [1.54, 1.807) is 17.5 Å². The number of carbonyl (C=O) groups excluding carboxylic acids is 1. The second kappa shape index (κ2) is 11.4. The van der Waals surface area contributed by atoms with Gasteiger partial charge in [0.05, 0.1) is 22.9 Å². The third-order valence-corrected chi connectivity index (χ3v) is 5.77. The van der Waals surface area contributed by atoms with Crippen LogP contribution in [0, 0.1) is 6.92 Å². The molecule has 1 fully saturated rings. The Balaban J connectivity index is 0.00000160. The van der Waals surface area contributed by atoms with Crippen molar-refractivity contribution in [2.75, 3.05) is 19.6 Å².